The molecule has 1 fully saturated rings. The van der Waals surface area contributed by atoms with Crippen LogP contribution in [-0.4, -0.2) is 30.3 Å². The van der Waals surface area contributed by atoms with Crippen molar-refractivity contribution < 1.29 is 14.6 Å². The lowest BCUT2D eigenvalue weighted by molar-refractivity contribution is -0.136. The molecule has 2 heterocycles. The minimum atomic E-state index is -0.771. The number of carbonyl (C=O) groups is 1. The summed E-state index contributed by atoms with van der Waals surface area (Å²) in [6.45, 7) is 2.56. The van der Waals surface area contributed by atoms with Crippen LogP contribution in [0.5, 0.6) is 0 Å². The molecule has 0 bridgehead atoms. The minimum absolute atomic E-state index is 0.121. The highest BCUT2D eigenvalue weighted by atomic mass is 32.1. The second kappa shape index (κ2) is 6.87. The van der Waals surface area contributed by atoms with Crippen molar-refractivity contribution in [1.82, 2.24) is 5.32 Å². The molecule has 1 aliphatic rings. The lowest BCUT2D eigenvalue weighted by Gasteiger charge is -2.22. The van der Waals surface area contributed by atoms with E-state index in [2.05, 4.69) is 5.32 Å². The molecule has 0 aromatic carbocycles. The Kier molecular flexibility index (Phi) is 5.16. The summed E-state index contributed by atoms with van der Waals surface area (Å²) in [4.78, 5) is 12.7. The lowest BCUT2D eigenvalue weighted by atomic mass is 10.1. The Labute approximate surface area is 111 Å². The molecule has 2 rings (SSSR count). The van der Waals surface area contributed by atoms with E-state index in [1.165, 1.54) is 17.7 Å². The van der Waals surface area contributed by atoms with Crippen molar-refractivity contribution in [1.29, 1.82) is 0 Å². The van der Waals surface area contributed by atoms with Crippen LogP contribution < -0.4 is 5.32 Å². The number of aliphatic carboxylic acids is 1. The van der Waals surface area contributed by atoms with Crippen molar-refractivity contribution >= 4 is 17.3 Å². The Morgan fingerprint density at radius 1 is 1.44 bits per heavy atom. The van der Waals surface area contributed by atoms with E-state index < -0.39 is 5.97 Å². The monoisotopic (exact) mass is 269 g/mol. The average molecular weight is 269 g/mol. The normalized spacial score (nSPS) is 19.9. The molecule has 0 aliphatic carbocycles. The summed E-state index contributed by atoms with van der Waals surface area (Å²) in [5, 5.41) is 12.1. The summed E-state index contributed by atoms with van der Waals surface area (Å²) in [5.41, 5.74) is 0. The third-order valence-corrected chi connectivity index (χ3v) is 4.07. The fraction of sp³-hybridized carbons (Fsp3) is 0.615. The number of nitrogens with one attached hydrogen (secondary N) is 1. The van der Waals surface area contributed by atoms with Crippen LogP contribution in [0, 0.1) is 0 Å². The van der Waals surface area contributed by atoms with Gasteiger partial charge >= 0.3 is 5.97 Å². The Hall–Kier alpha value is -0.910. The number of ether oxygens (including phenoxy) is 1. The van der Waals surface area contributed by atoms with Crippen molar-refractivity contribution in [3.05, 3.63) is 21.9 Å². The Morgan fingerprint density at radius 2 is 2.28 bits per heavy atom. The first kappa shape index (κ1) is 13.5. The second-order valence-corrected chi connectivity index (χ2v) is 5.81. The molecular formula is C13H19NO3S. The predicted molar refractivity (Wildman–Crippen MR) is 71.0 cm³/mol. The summed E-state index contributed by atoms with van der Waals surface area (Å²) in [5.74, 6) is -0.771. The van der Waals surface area contributed by atoms with E-state index >= 15 is 0 Å². The molecule has 0 spiro atoms. The highest BCUT2D eigenvalue weighted by Crippen LogP contribution is 2.17. The standard InChI is InChI=1S/C13H19NO3S/c15-13(16)7-11-4-5-12(18-11)9-14-8-10-3-1-2-6-17-10/h4-5,10,14H,1-3,6-9H2,(H,15,16). The van der Waals surface area contributed by atoms with E-state index in [0.717, 1.165) is 31.0 Å². The average Bonchev–Trinajstić information content (AvgIpc) is 2.77. The molecule has 1 aromatic heterocycles. The van der Waals surface area contributed by atoms with Crippen LogP contribution in [0.3, 0.4) is 0 Å². The van der Waals surface area contributed by atoms with E-state index in [0.29, 0.717) is 6.10 Å². The van der Waals surface area contributed by atoms with Gasteiger partial charge in [0.1, 0.15) is 0 Å². The van der Waals surface area contributed by atoms with Crippen molar-refractivity contribution in [2.75, 3.05) is 13.2 Å². The van der Waals surface area contributed by atoms with Gasteiger partial charge in [0.05, 0.1) is 12.5 Å². The minimum Gasteiger partial charge on any atom is -0.481 e. The Bertz CT molecular complexity index is 385. The van der Waals surface area contributed by atoms with Gasteiger partial charge in [0, 0.05) is 29.5 Å². The first-order valence-corrected chi connectivity index (χ1v) is 7.17. The molecule has 1 aromatic rings. The quantitative estimate of drug-likeness (QED) is 0.829. The van der Waals surface area contributed by atoms with Gasteiger partial charge in [0.15, 0.2) is 0 Å². The molecule has 1 saturated heterocycles. The largest absolute Gasteiger partial charge is 0.481 e. The summed E-state index contributed by atoms with van der Waals surface area (Å²) < 4.78 is 5.64. The van der Waals surface area contributed by atoms with Crippen LogP contribution >= 0.6 is 11.3 Å². The summed E-state index contributed by atoms with van der Waals surface area (Å²) in [6, 6.07) is 3.89. The maximum atomic E-state index is 10.6. The maximum absolute atomic E-state index is 10.6. The molecule has 0 saturated carbocycles. The van der Waals surface area contributed by atoms with Gasteiger partial charge in [0.25, 0.3) is 0 Å². The fourth-order valence-electron chi connectivity index (χ4n) is 2.09. The number of carboxylic acid groups (broad SMARTS) is 1. The van der Waals surface area contributed by atoms with Crippen molar-refractivity contribution in [2.24, 2.45) is 0 Å². The number of hydrogen-bond donors (Lipinski definition) is 2. The van der Waals surface area contributed by atoms with Crippen LogP contribution in [0.1, 0.15) is 29.0 Å². The summed E-state index contributed by atoms with van der Waals surface area (Å²) in [7, 11) is 0. The van der Waals surface area contributed by atoms with Gasteiger partial charge in [0.2, 0.25) is 0 Å². The van der Waals surface area contributed by atoms with Gasteiger partial charge < -0.3 is 15.2 Å². The smallest absolute Gasteiger partial charge is 0.308 e. The van der Waals surface area contributed by atoms with Gasteiger partial charge in [-0.3, -0.25) is 4.79 Å². The third-order valence-electron chi connectivity index (χ3n) is 2.99. The maximum Gasteiger partial charge on any atom is 0.308 e. The Morgan fingerprint density at radius 3 is 3.00 bits per heavy atom. The number of thiophene rings is 1. The first-order chi connectivity index (χ1) is 8.74. The van der Waals surface area contributed by atoms with Crippen molar-refractivity contribution in [2.45, 2.75) is 38.3 Å². The first-order valence-electron chi connectivity index (χ1n) is 6.36. The zero-order chi connectivity index (χ0) is 12.8. The fourth-order valence-corrected chi connectivity index (χ4v) is 3.06. The highest BCUT2D eigenvalue weighted by molar-refractivity contribution is 7.12. The molecule has 2 N–H and O–H groups in total. The molecule has 0 amide bonds. The number of hydrogen-bond acceptors (Lipinski definition) is 4. The van der Waals surface area contributed by atoms with E-state index in [1.807, 2.05) is 12.1 Å². The van der Waals surface area contributed by atoms with Crippen LogP contribution in [-0.2, 0) is 22.5 Å². The molecule has 1 unspecified atom stereocenters. The predicted octanol–water partition coefficient (Wildman–Crippen LogP) is 2.03. The zero-order valence-corrected chi connectivity index (χ0v) is 11.2. The summed E-state index contributed by atoms with van der Waals surface area (Å²) in [6.07, 6.45) is 4.05. The van der Waals surface area contributed by atoms with Gasteiger partial charge in [-0.25, -0.2) is 0 Å². The van der Waals surface area contributed by atoms with E-state index in [9.17, 15) is 4.79 Å². The van der Waals surface area contributed by atoms with Gasteiger partial charge in [-0.2, -0.15) is 0 Å². The second-order valence-electron chi connectivity index (χ2n) is 4.56. The molecule has 18 heavy (non-hydrogen) atoms. The van der Waals surface area contributed by atoms with Gasteiger partial charge in [-0.1, -0.05) is 0 Å². The van der Waals surface area contributed by atoms with E-state index in [4.69, 9.17) is 9.84 Å². The SMILES string of the molecule is O=C(O)Cc1ccc(CNCC2CCCCO2)s1. The van der Waals surface area contributed by atoms with Crippen LogP contribution in [0.25, 0.3) is 0 Å². The third kappa shape index (κ3) is 4.40. The Balaban J connectivity index is 1.69. The lowest BCUT2D eigenvalue weighted by Crippen LogP contribution is -2.31. The van der Waals surface area contributed by atoms with E-state index in [1.54, 1.807) is 11.3 Å². The van der Waals surface area contributed by atoms with Crippen LogP contribution in [0.4, 0.5) is 0 Å². The topological polar surface area (TPSA) is 58.6 Å². The number of rotatable bonds is 6. The number of carboxylic acids is 1. The zero-order valence-electron chi connectivity index (χ0n) is 10.4. The van der Waals surface area contributed by atoms with Crippen LogP contribution in [0.15, 0.2) is 12.1 Å². The molecule has 100 valence electrons. The van der Waals surface area contributed by atoms with Gasteiger partial charge in [-0.15, -0.1) is 11.3 Å². The van der Waals surface area contributed by atoms with Crippen LogP contribution in [0.2, 0.25) is 0 Å². The summed E-state index contributed by atoms with van der Waals surface area (Å²) >= 11 is 1.56. The van der Waals surface area contributed by atoms with Gasteiger partial charge in [-0.05, 0) is 31.4 Å². The molecule has 5 heteroatoms. The van der Waals surface area contributed by atoms with Crippen molar-refractivity contribution in [3.8, 4) is 0 Å². The van der Waals surface area contributed by atoms with Crippen molar-refractivity contribution in [3.63, 3.8) is 0 Å². The van der Waals surface area contributed by atoms with E-state index in [-0.39, 0.29) is 6.42 Å². The highest BCUT2D eigenvalue weighted by Gasteiger charge is 2.13. The molecule has 4 nitrogen and oxygen atoms in total. The molecular weight excluding hydrogens is 250 g/mol. The molecule has 1 atom stereocenters. The molecule has 0 radical (unpaired) electrons. The molecule has 1 aliphatic heterocycles.